The molecule has 144 valence electrons. The van der Waals surface area contributed by atoms with Crippen LogP contribution in [0.15, 0.2) is 72.4 Å². The van der Waals surface area contributed by atoms with Crippen molar-refractivity contribution in [2.75, 3.05) is 0 Å². The molecule has 0 nitrogen and oxygen atoms in total. The Bertz CT molecular complexity index is 472. The molecule has 0 aromatic rings. The second-order valence-electron chi connectivity index (χ2n) is 5.01. The first-order valence-electron chi connectivity index (χ1n) is 8.61. The van der Waals surface area contributed by atoms with E-state index in [1.165, 1.54) is 23.6 Å². The molecule has 1 rings (SSSR count). The summed E-state index contributed by atoms with van der Waals surface area (Å²) in [4.78, 5) is 0. The van der Waals surface area contributed by atoms with Gasteiger partial charge in [0.15, 0.2) is 0 Å². The molecule has 0 spiro atoms. The number of halogens is 3. The maximum Gasteiger partial charge on any atom is 0.412 e. The Labute approximate surface area is 153 Å². The highest BCUT2D eigenvalue weighted by atomic mass is 19.4. The first kappa shape index (κ1) is 28.1. The molecule has 0 aromatic heterocycles. The summed E-state index contributed by atoms with van der Waals surface area (Å²) in [6.45, 7) is 20.8. The van der Waals surface area contributed by atoms with Crippen molar-refractivity contribution >= 4 is 0 Å². The quantitative estimate of drug-likeness (QED) is 0.435. The van der Waals surface area contributed by atoms with Crippen LogP contribution in [0.2, 0.25) is 0 Å². The summed E-state index contributed by atoms with van der Waals surface area (Å²) in [7, 11) is 0. The van der Waals surface area contributed by atoms with Gasteiger partial charge in [-0.2, -0.15) is 13.2 Å². The molecule has 0 atom stereocenters. The summed E-state index contributed by atoms with van der Waals surface area (Å²) in [6, 6.07) is 0. The van der Waals surface area contributed by atoms with Gasteiger partial charge in [-0.05, 0) is 45.6 Å². The maximum atomic E-state index is 11.4. The molecule has 1 aliphatic rings. The van der Waals surface area contributed by atoms with E-state index in [1.807, 2.05) is 13.8 Å². The van der Waals surface area contributed by atoms with Crippen molar-refractivity contribution in [1.82, 2.24) is 0 Å². The molecule has 0 heterocycles. The van der Waals surface area contributed by atoms with Gasteiger partial charge < -0.3 is 0 Å². The van der Waals surface area contributed by atoms with Crippen LogP contribution in [0.4, 0.5) is 13.2 Å². The second-order valence-corrected chi connectivity index (χ2v) is 5.01. The third kappa shape index (κ3) is 15.5. The first-order chi connectivity index (χ1) is 11.7. The summed E-state index contributed by atoms with van der Waals surface area (Å²) >= 11 is 0. The van der Waals surface area contributed by atoms with Crippen molar-refractivity contribution in [2.24, 2.45) is 0 Å². The van der Waals surface area contributed by atoms with E-state index in [2.05, 4.69) is 57.9 Å². The summed E-state index contributed by atoms with van der Waals surface area (Å²) < 4.78 is 34.1. The molecule has 0 amide bonds. The summed E-state index contributed by atoms with van der Waals surface area (Å²) in [5.41, 5.74) is 3.50. The number of alkyl halides is 3. The van der Waals surface area contributed by atoms with E-state index in [0.717, 1.165) is 32.3 Å². The predicted octanol–water partition coefficient (Wildman–Crippen LogP) is 8.52. The number of allylic oxidation sites excluding steroid dienone is 9. The zero-order valence-corrected chi connectivity index (χ0v) is 16.8. The minimum Gasteiger partial charge on any atom is -0.167 e. The van der Waals surface area contributed by atoms with Crippen molar-refractivity contribution in [2.45, 2.75) is 67.0 Å². The van der Waals surface area contributed by atoms with Gasteiger partial charge in [0.1, 0.15) is 0 Å². The summed E-state index contributed by atoms with van der Waals surface area (Å²) in [5, 5.41) is 0. The Balaban J connectivity index is -0.000000348. The van der Waals surface area contributed by atoms with Crippen molar-refractivity contribution in [3.63, 3.8) is 0 Å². The van der Waals surface area contributed by atoms with Crippen LogP contribution in [0.25, 0.3) is 0 Å². The third-order valence-electron chi connectivity index (χ3n) is 3.27. The maximum absolute atomic E-state index is 11.4. The fourth-order valence-electron chi connectivity index (χ4n) is 1.51. The van der Waals surface area contributed by atoms with E-state index in [1.54, 1.807) is 0 Å². The zero-order chi connectivity index (χ0) is 20.5. The average molecular weight is 357 g/mol. The molecule has 0 radical (unpaired) electrons. The molecule has 0 bridgehead atoms. The normalized spacial score (nSPS) is 19.3. The van der Waals surface area contributed by atoms with Crippen molar-refractivity contribution in [3.8, 4) is 0 Å². The Kier molecular flexibility index (Phi) is 19.1. The van der Waals surface area contributed by atoms with Gasteiger partial charge in [0.2, 0.25) is 0 Å². The van der Waals surface area contributed by atoms with Gasteiger partial charge >= 0.3 is 6.18 Å². The first-order valence-corrected chi connectivity index (χ1v) is 8.61. The lowest BCUT2D eigenvalue weighted by atomic mass is 9.98. The minimum absolute atomic E-state index is 0.544. The third-order valence-corrected chi connectivity index (χ3v) is 3.27. The van der Waals surface area contributed by atoms with Crippen LogP contribution in [-0.4, -0.2) is 6.18 Å². The number of hydrogen-bond acceptors (Lipinski definition) is 0. The molecule has 3 heteroatoms. The Hall–Kier alpha value is -1.77. The monoisotopic (exact) mass is 356 g/mol. The molecular weight excluding hydrogens is 321 g/mol. The Morgan fingerprint density at radius 2 is 1.60 bits per heavy atom. The molecule has 0 saturated heterocycles. The van der Waals surface area contributed by atoms with E-state index in [0.29, 0.717) is 0 Å². The van der Waals surface area contributed by atoms with Crippen molar-refractivity contribution < 1.29 is 13.2 Å². The molecule has 0 fully saturated rings. The Morgan fingerprint density at radius 3 is 1.96 bits per heavy atom. The van der Waals surface area contributed by atoms with Gasteiger partial charge in [-0.25, -0.2) is 0 Å². The van der Waals surface area contributed by atoms with Crippen LogP contribution >= 0.6 is 0 Å². The predicted molar refractivity (Wildman–Crippen MR) is 108 cm³/mol. The van der Waals surface area contributed by atoms with Crippen molar-refractivity contribution in [3.05, 3.63) is 72.4 Å². The van der Waals surface area contributed by atoms with E-state index in [9.17, 15) is 13.2 Å². The van der Waals surface area contributed by atoms with Crippen LogP contribution in [0.5, 0.6) is 0 Å². The lowest BCUT2D eigenvalue weighted by molar-refractivity contribution is -0.0914. The van der Waals surface area contributed by atoms with Gasteiger partial charge in [0.25, 0.3) is 0 Å². The molecule has 0 aromatic carbocycles. The highest BCUT2D eigenvalue weighted by Gasteiger charge is 2.28. The molecule has 0 N–H and O–H groups in total. The lowest BCUT2D eigenvalue weighted by Gasteiger charge is -2.07. The van der Waals surface area contributed by atoms with Crippen molar-refractivity contribution in [1.29, 1.82) is 0 Å². The van der Waals surface area contributed by atoms with E-state index in [4.69, 9.17) is 0 Å². The minimum atomic E-state index is -4.13. The van der Waals surface area contributed by atoms with Gasteiger partial charge in [0, 0.05) is 5.57 Å². The van der Waals surface area contributed by atoms with Gasteiger partial charge in [-0.15, -0.1) is 13.2 Å². The molecule has 0 unspecified atom stereocenters. The SMILES string of the molecule is C/C=C(\C)C(F)(F)F.C=C.C=C(CC)/C1=C/C=C(/C)C/C=C\C1.CC. The lowest BCUT2D eigenvalue weighted by Crippen LogP contribution is -2.07. The number of rotatable bonds is 2. The largest absolute Gasteiger partial charge is 0.412 e. The van der Waals surface area contributed by atoms with Gasteiger partial charge in [0.05, 0.1) is 0 Å². The molecule has 0 aliphatic heterocycles. The molecule has 0 saturated carbocycles. The second kappa shape index (κ2) is 17.1. The smallest absolute Gasteiger partial charge is 0.167 e. The van der Waals surface area contributed by atoms with Crippen LogP contribution in [0, 0.1) is 0 Å². The Morgan fingerprint density at radius 1 is 1.12 bits per heavy atom. The van der Waals surface area contributed by atoms with Gasteiger partial charge in [-0.3, -0.25) is 0 Å². The van der Waals surface area contributed by atoms with Gasteiger partial charge in [-0.1, -0.05) is 68.9 Å². The standard InChI is InChI=1S/C13H18.C5H7F3.C2H6.C2H4/c1-4-12(3)13-8-6-5-7-11(2)9-10-13;1-3-4(2)5(6,7)8;2*1-2/h5-6,9-10H,3-4,7-8H2,1-2H3;3H,1-2H3;1-2H3;1-2H2/b6-5-,11-9-,13-10+;4-3+;;. The summed E-state index contributed by atoms with van der Waals surface area (Å²) in [6.07, 6.45) is 8.98. The van der Waals surface area contributed by atoms with E-state index >= 15 is 0 Å². The fourth-order valence-corrected chi connectivity index (χ4v) is 1.51. The van der Waals surface area contributed by atoms with E-state index in [-0.39, 0.29) is 0 Å². The van der Waals surface area contributed by atoms with Crippen LogP contribution < -0.4 is 0 Å². The topological polar surface area (TPSA) is 0 Å². The summed E-state index contributed by atoms with van der Waals surface area (Å²) in [5.74, 6) is 0. The van der Waals surface area contributed by atoms with Crippen LogP contribution in [-0.2, 0) is 0 Å². The highest BCUT2D eigenvalue weighted by molar-refractivity contribution is 5.35. The highest BCUT2D eigenvalue weighted by Crippen LogP contribution is 2.24. The van der Waals surface area contributed by atoms with Crippen LogP contribution in [0.3, 0.4) is 0 Å². The molecule has 1 aliphatic carbocycles. The average Bonchev–Trinajstić information content (AvgIpc) is 2.60. The number of hydrogen-bond donors (Lipinski definition) is 0. The fraction of sp³-hybridized carbons (Fsp3) is 0.455. The van der Waals surface area contributed by atoms with E-state index < -0.39 is 11.7 Å². The van der Waals surface area contributed by atoms with Crippen LogP contribution in [0.1, 0.15) is 60.8 Å². The zero-order valence-electron chi connectivity index (χ0n) is 16.8. The molecular formula is C22H35F3. The molecule has 25 heavy (non-hydrogen) atoms.